The van der Waals surface area contributed by atoms with Crippen molar-refractivity contribution in [3.8, 4) is 5.82 Å². The minimum Gasteiger partial charge on any atom is -0.396 e. The van der Waals surface area contributed by atoms with Crippen LogP contribution >= 0.6 is 0 Å². The number of carbonyl (C=O) groups is 1. The lowest BCUT2D eigenvalue weighted by Gasteiger charge is -2.18. The molecule has 1 saturated carbocycles. The normalized spacial score (nSPS) is 27.1. The Kier molecular flexibility index (Phi) is 4.33. The largest absolute Gasteiger partial charge is 0.396 e. The topological polar surface area (TPSA) is 133 Å². The Morgan fingerprint density at radius 3 is 2.87 bits per heavy atom. The summed E-state index contributed by atoms with van der Waals surface area (Å²) in [6, 6.07) is 2.47. The van der Waals surface area contributed by atoms with E-state index in [1.165, 1.54) is 29.6 Å². The predicted molar refractivity (Wildman–Crippen MR) is 77.6 cm³/mol. The summed E-state index contributed by atoms with van der Waals surface area (Å²) < 4.78 is 1.42. The van der Waals surface area contributed by atoms with Gasteiger partial charge in [0.25, 0.3) is 5.91 Å². The fourth-order valence-electron chi connectivity index (χ4n) is 2.71. The van der Waals surface area contributed by atoms with Gasteiger partial charge in [0.1, 0.15) is 18.8 Å². The van der Waals surface area contributed by atoms with Gasteiger partial charge in [-0.3, -0.25) is 4.79 Å². The van der Waals surface area contributed by atoms with E-state index in [9.17, 15) is 15.0 Å². The molecule has 0 radical (unpaired) electrons. The van der Waals surface area contributed by atoms with Gasteiger partial charge in [0.05, 0.1) is 12.1 Å². The van der Waals surface area contributed by atoms with E-state index < -0.39 is 30.1 Å². The van der Waals surface area contributed by atoms with Gasteiger partial charge in [0.15, 0.2) is 5.82 Å². The van der Waals surface area contributed by atoms with Gasteiger partial charge in [-0.05, 0) is 18.6 Å². The maximum Gasteiger partial charge on any atom is 0.251 e. The second-order valence-electron chi connectivity index (χ2n) is 5.48. The van der Waals surface area contributed by atoms with E-state index in [1.807, 2.05) is 0 Å². The van der Waals surface area contributed by atoms with Crippen LogP contribution in [0.4, 0.5) is 0 Å². The minimum absolute atomic E-state index is 0.240. The van der Waals surface area contributed by atoms with Gasteiger partial charge in [-0.15, -0.1) is 0 Å². The molecule has 0 aromatic carbocycles. The minimum atomic E-state index is -1.10. The first-order chi connectivity index (χ1) is 11.1. The second-order valence-corrected chi connectivity index (χ2v) is 5.48. The summed E-state index contributed by atoms with van der Waals surface area (Å²) in [4.78, 5) is 20.3. The summed E-state index contributed by atoms with van der Waals surface area (Å²) in [5.41, 5.74) is 0.347. The molecule has 23 heavy (non-hydrogen) atoms. The molecule has 122 valence electrons. The summed E-state index contributed by atoms with van der Waals surface area (Å²) >= 11 is 0. The molecule has 0 unspecified atom stereocenters. The molecule has 9 heteroatoms. The molecule has 1 fully saturated rings. The van der Waals surface area contributed by atoms with Crippen LogP contribution in [0.25, 0.3) is 5.82 Å². The number of hydrogen-bond acceptors (Lipinski definition) is 7. The van der Waals surface area contributed by atoms with Gasteiger partial charge in [-0.2, -0.15) is 5.10 Å². The van der Waals surface area contributed by atoms with Crippen LogP contribution in [0.15, 0.2) is 31.0 Å². The molecule has 2 aromatic heterocycles. The summed E-state index contributed by atoms with van der Waals surface area (Å²) in [5, 5.41) is 35.5. The molecule has 0 aliphatic heterocycles. The lowest BCUT2D eigenvalue weighted by molar-refractivity contribution is 0.000135. The Hall–Kier alpha value is -2.36. The molecular weight excluding hydrogens is 302 g/mol. The number of pyridine rings is 1. The Balaban J connectivity index is 1.73. The maximum atomic E-state index is 12.3. The summed E-state index contributed by atoms with van der Waals surface area (Å²) in [6.07, 6.45) is 2.46. The highest BCUT2D eigenvalue weighted by Gasteiger charge is 2.41. The van der Waals surface area contributed by atoms with Crippen LogP contribution in [0.3, 0.4) is 0 Å². The second kappa shape index (κ2) is 6.41. The fraction of sp³-hybridized carbons (Fsp3) is 0.429. The van der Waals surface area contributed by atoms with Crippen LogP contribution in [-0.2, 0) is 0 Å². The number of aromatic nitrogens is 4. The number of nitrogens with zero attached hydrogens (tertiary/aromatic N) is 4. The van der Waals surface area contributed by atoms with Crippen LogP contribution in [0.2, 0.25) is 0 Å². The highest BCUT2D eigenvalue weighted by atomic mass is 16.3. The van der Waals surface area contributed by atoms with E-state index in [1.54, 1.807) is 6.07 Å². The van der Waals surface area contributed by atoms with Crippen LogP contribution in [-0.4, -0.2) is 65.8 Å². The van der Waals surface area contributed by atoms with Crippen LogP contribution in [0.5, 0.6) is 0 Å². The average molecular weight is 319 g/mol. The van der Waals surface area contributed by atoms with Crippen molar-refractivity contribution in [1.82, 2.24) is 25.1 Å². The molecule has 9 nitrogen and oxygen atoms in total. The summed E-state index contributed by atoms with van der Waals surface area (Å²) in [5.74, 6) is -0.405. The van der Waals surface area contributed by atoms with Crippen molar-refractivity contribution >= 4 is 5.91 Å². The van der Waals surface area contributed by atoms with Gasteiger partial charge >= 0.3 is 0 Å². The average Bonchev–Trinajstić information content (AvgIpc) is 3.19. The van der Waals surface area contributed by atoms with E-state index in [0.717, 1.165) is 0 Å². The van der Waals surface area contributed by atoms with E-state index in [4.69, 9.17) is 5.11 Å². The first-order valence-electron chi connectivity index (χ1n) is 7.19. The number of aliphatic hydroxyl groups is 3. The third-order valence-electron chi connectivity index (χ3n) is 4.01. The van der Waals surface area contributed by atoms with Crippen molar-refractivity contribution in [2.24, 2.45) is 5.92 Å². The van der Waals surface area contributed by atoms with Gasteiger partial charge in [0.2, 0.25) is 0 Å². The number of amides is 1. The molecule has 1 amide bonds. The maximum absolute atomic E-state index is 12.3. The van der Waals surface area contributed by atoms with Gasteiger partial charge in [0, 0.05) is 24.3 Å². The fourth-order valence-corrected chi connectivity index (χ4v) is 2.71. The molecule has 0 saturated heterocycles. The number of rotatable bonds is 4. The van der Waals surface area contributed by atoms with Crippen molar-refractivity contribution in [2.75, 3.05) is 6.61 Å². The van der Waals surface area contributed by atoms with Crippen molar-refractivity contribution in [3.63, 3.8) is 0 Å². The highest BCUT2D eigenvalue weighted by molar-refractivity contribution is 5.94. The highest BCUT2D eigenvalue weighted by Crippen LogP contribution is 2.26. The molecular formula is C14H17N5O4. The molecule has 3 rings (SSSR count). The zero-order valence-corrected chi connectivity index (χ0v) is 12.1. The van der Waals surface area contributed by atoms with Gasteiger partial charge < -0.3 is 20.6 Å². The molecule has 4 N–H and O–H groups in total. The van der Waals surface area contributed by atoms with E-state index >= 15 is 0 Å². The lowest BCUT2D eigenvalue weighted by atomic mass is 10.1. The lowest BCUT2D eigenvalue weighted by Crippen LogP contribution is -2.43. The number of carbonyl (C=O) groups excluding carboxylic acids is 1. The number of nitrogens with one attached hydrogen (secondary N) is 1. The van der Waals surface area contributed by atoms with E-state index in [0.29, 0.717) is 17.8 Å². The molecule has 4 atom stereocenters. The Bertz CT molecular complexity index is 678. The van der Waals surface area contributed by atoms with Crippen LogP contribution in [0.1, 0.15) is 16.8 Å². The zero-order chi connectivity index (χ0) is 16.4. The van der Waals surface area contributed by atoms with Crippen LogP contribution < -0.4 is 5.32 Å². The molecule has 2 heterocycles. The first kappa shape index (κ1) is 15.5. The van der Waals surface area contributed by atoms with Crippen molar-refractivity contribution in [3.05, 3.63) is 36.5 Å². The van der Waals surface area contributed by atoms with Gasteiger partial charge in [-0.1, -0.05) is 0 Å². The van der Waals surface area contributed by atoms with E-state index in [2.05, 4.69) is 20.4 Å². The van der Waals surface area contributed by atoms with Crippen molar-refractivity contribution < 1.29 is 20.1 Å². The first-order valence-corrected chi connectivity index (χ1v) is 7.19. The van der Waals surface area contributed by atoms with E-state index in [-0.39, 0.29) is 6.61 Å². The number of aliphatic hydroxyl groups excluding tert-OH is 3. The molecule has 0 spiro atoms. The molecule has 1 aliphatic rings. The summed E-state index contributed by atoms with van der Waals surface area (Å²) in [6.45, 7) is -0.240. The Morgan fingerprint density at radius 2 is 2.22 bits per heavy atom. The third kappa shape index (κ3) is 3.07. The Labute approximate surface area is 131 Å². The Morgan fingerprint density at radius 1 is 1.39 bits per heavy atom. The molecule has 0 bridgehead atoms. The quantitative estimate of drug-likeness (QED) is 0.538. The monoisotopic (exact) mass is 319 g/mol. The molecule has 1 aliphatic carbocycles. The van der Waals surface area contributed by atoms with Gasteiger partial charge in [-0.25, -0.2) is 14.6 Å². The third-order valence-corrected chi connectivity index (χ3v) is 4.01. The van der Waals surface area contributed by atoms with Crippen molar-refractivity contribution in [2.45, 2.75) is 24.7 Å². The van der Waals surface area contributed by atoms with Crippen molar-refractivity contribution in [1.29, 1.82) is 0 Å². The smallest absolute Gasteiger partial charge is 0.251 e. The SMILES string of the molecule is O=C(N[C@H]1C[C@@H](CO)[C@H](O)[C@@H]1O)c1ccnc(-n2cncn2)c1. The predicted octanol–water partition coefficient (Wildman–Crippen LogP) is -1.51. The molecule has 2 aromatic rings. The van der Waals surface area contributed by atoms with Crippen LogP contribution in [0, 0.1) is 5.92 Å². The zero-order valence-electron chi connectivity index (χ0n) is 12.1. The standard InChI is InChI=1S/C14H17N5O4/c20-5-9-3-10(13(22)12(9)21)18-14(23)8-1-2-16-11(4-8)19-7-15-6-17-19/h1-2,4,6-7,9-10,12-13,20-22H,3,5H2,(H,18,23)/t9-,10-,12-,13+/m0/s1. The summed E-state index contributed by atoms with van der Waals surface area (Å²) in [7, 11) is 0. The number of hydrogen-bond donors (Lipinski definition) is 4.